The Kier molecular flexibility index (Phi) is 3.96. The third-order valence-corrected chi connectivity index (χ3v) is 2.72. The summed E-state index contributed by atoms with van der Waals surface area (Å²) < 4.78 is 18.3. The molecule has 1 unspecified atom stereocenters. The van der Waals surface area contributed by atoms with E-state index >= 15 is 0 Å². The number of carbonyl (C=O) groups is 2. The lowest BCUT2D eigenvalue weighted by Gasteiger charge is -2.12. The van der Waals surface area contributed by atoms with Gasteiger partial charge in [0.15, 0.2) is 0 Å². The SMILES string of the molecule is O=C(Nc1ccc(F)c(C(=O)O)c1)NC1CCOC1. The quantitative estimate of drug-likeness (QED) is 0.774. The van der Waals surface area contributed by atoms with E-state index in [9.17, 15) is 14.0 Å². The van der Waals surface area contributed by atoms with Crippen molar-refractivity contribution in [1.29, 1.82) is 0 Å². The van der Waals surface area contributed by atoms with Gasteiger partial charge in [0.05, 0.1) is 18.2 Å². The number of nitrogens with one attached hydrogen (secondary N) is 2. The highest BCUT2D eigenvalue weighted by Gasteiger charge is 2.18. The number of anilines is 1. The fourth-order valence-electron chi connectivity index (χ4n) is 1.77. The molecule has 7 heteroatoms. The summed E-state index contributed by atoms with van der Waals surface area (Å²) in [6, 6.07) is 2.84. The standard InChI is InChI=1S/C12H13FN2O4/c13-10-2-1-7(5-9(10)11(16)17)14-12(18)15-8-3-4-19-6-8/h1-2,5,8H,3-4,6H2,(H,16,17)(H2,14,15,18). The van der Waals surface area contributed by atoms with Gasteiger partial charge in [-0.05, 0) is 24.6 Å². The number of hydrogen-bond acceptors (Lipinski definition) is 3. The normalized spacial score (nSPS) is 18.1. The molecule has 1 heterocycles. The monoisotopic (exact) mass is 268 g/mol. The topological polar surface area (TPSA) is 87.7 Å². The van der Waals surface area contributed by atoms with Crippen molar-refractivity contribution in [3.05, 3.63) is 29.6 Å². The van der Waals surface area contributed by atoms with Crippen LogP contribution in [0.25, 0.3) is 0 Å². The lowest BCUT2D eigenvalue weighted by Crippen LogP contribution is -2.38. The highest BCUT2D eigenvalue weighted by Crippen LogP contribution is 2.15. The maximum Gasteiger partial charge on any atom is 0.338 e. The first-order valence-corrected chi connectivity index (χ1v) is 5.74. The number of rotatable bonds is 3. The van der Waals surface area contributed by atoms with Crippen molar-refractivity contribution in [1.82, 2.24) is 5.32 Å². The van der Waals surface area contributed by atoms with E-state index < -0.39 is 23.4 Å². The van der Waals surface area contributed by atoms with Crippen LogP contribution in [0.4, 0.5) is 14.9 Å². The minimum absolute atomic E-state index is 0.0561. The number of carboxylic acid groups (broad SMARTS) is 1. The van der Waals surface area contributed by atoms with E-state index in [1.54, 1.807) is 0 Å². The molecular weight excluding hydrogens is 255 g/mol. The fraction of sp³-hybridized carbons (Fsp3) is 0.333. The predicted molar refractivity (Wildman–Crippen MR) is 64.7 cm³/mol. The smallest absolute Gasteiger partial charge is 0.338 e. The van der Waals surface area contributed by atoms with Crippen LogP contribution in [-0.4, -0.2) is 36.4 Å². The first-order chi connectivity index (χ1) is 9.06. The van der Waals surface area contributed by atoms with Gasteiger partial charge in [-0.3, -0.25) is 0 Å². The molecule has 2 rings (SSSR count). The Morgan fingerprint density at radius 1 is 1.42 bits per heavy atom. The van der Waals surface area contributed by atoms with Gasteiger partial charge in [0.25, 0.3) is 0 Å². The fourth-order valence-corrected chi connectivity index (χ4v) is 1.77. The van der Waals surface area contributed by atoms with E-state index in [0.29, 0.717) is 13.2 Å². The predicted octanol–water partition coefficient (Wildman–Crippen LogP) is 1.43. The first kappa shape index (κ1) is 13.3. The maximum atomic E-state index is 13.2. The molecule has 1 aliphatic rings. The average molecular weight is 268 g/mol. The van der Waals surface area contributed by atoms with Crippen LogP contribution in [0.2, 0.25) is 0 Å². The van der Waals surface area contributed by atoms with Crippen molar-refractivity contribution < 1.29 is 23.8 Å². The number of carboxylic acids is 1. The van der Waals surface area contributed by atoms with E-state index in [1.807, 2.05) is 0 Å². The molecular formula is C12H13FN2O4. The van der Waals surface area contributed by atoms with Gasteiger partial charge >= 0.3 is 12.0 Å². The second-order valence-electron chi connectivity index (χ2n) is 4.16. The molecule has 2 amide bonds. The number of halogens is 1. The van der Waals surface area contributed by atoms with Gasteiger partial charge in [-0.25, -0.2) is 14.0 Å². The summed E-state index contributed by atoms with van der Waals surface area (Å²) in [6.07, 6.45) is 0.733. The summed E-state index contributed by atoms with van der Waals surface area (Å²) >= 11 is 0. The van der Waals surface area contributed by atoms with Crippen LogP contribution in [0.5, 0.6) is 0 Å². The lowest BCUT2D eigenvalue weighted by atomic mass is 10.2. The molecule has 19 heavy (non-hydrogen) atoms. The number of ether oxygens (including phenoxy) is 1. The number of amides is 2. The highest BCUT2D eigenvalue weighted by molar-refractivity contribution is 5.93. The molecule has 0 aromatic heterocycles. The molecule has 0 radical (unpaired) electrons. The first-order valence-electron chi connectivity index (χ1n) is 5.74. The van der Waals surface area contributed by atoms with Crippen LogP contribution >= 0.6 is 0 Å². The minimum atomic E-state index is -1.38. The summed E-state index contributed by atoms with van der Waals surface area (Å²) in [6.45, 7) is 1.06. The Balaban J connectivity index is 2.00. The van der Waals surface area contributed by atoms with Crippen LogP contribution in [0, 0.1) is 5.82 Å². The van der Waals surface area contributed by atoms with Gasteiger partial charge in [-0.1, -0.05) is 0 Å². The van der Waals surface area contributed by atoms with Gasteiger partial charge in [0.1, 0.15) is 5.82 Å². The van der Waals surface area contributed by atoms with Crippen molar-refractivity contribution in [3.8, 4) is 0 Å². The van der Waals surface area contributed by atoms with Gasteiger partial charge in [-0.15, -0.1) is 0 Å². The van der Waals surface area contributed by atoms with Crippen molar-refractivity contribution in [2.24, 2.45) is 0 Å². The number of aromatic carboxylic acids is 1. The van der Waals surface area contributed by atoms with Crippen LogP contribution < -0.4 is 10.6 Å². The lowest BCUT2D eigenvalue weighted by molar-refractivity contribution is 0.0692. The summed E-state index contributed by atoms with van der Waals surface area (Å²) in [5.74, 6) is -2.23. The van der Waals surface area contributed by atoms with Crippen molar-refractivity contribution in [2.75, 3.05) is 18.5 Å². The summed E-state index contributed by atoms with van der Waals surface area (Å²) in [5, 5.41) is 13.9. The van der Waals surface area contributed by atoms with Crippen LogP contribution in [0.1, 0.15) is 16.8 Å². The van der Waals surface area contributed by atoms with E-state index in [0.717, 1.165) is 18.6 Å². The summed E-state index contributed by atoms with van der Waals surface area (Å²) in [5.41, 5.74) is -0.266. The number of benzene rings is 1. The van der Waals surface area contributed by atoms with Crippen LogP contribution in [0.15, 0.2) is 18.2 Å². The second kappa shape index (κ2) is 5.66. The molecule has 6 nitrogen and oxygen atoms in total. The Labute approximate surface area is 108 Å². The summed E-state index contributed by atoms with van der Waals surface area (Å²) in [4.78, 5) is 22.4. The molecule has 1 atom stereocenters. The summed E-state index contributed by atoms with van der Waals surface area (Å²) in [7, 11) is 0. The minimum Gasteiger partial charge on any atom is -0.478 e. The Morgan fingerprint density at radius 2 is 2.21 bits per heavy atom. The molecule has 3 N–H and O–H groups in total. The van der Waals surface area contributed by atoms with E-state index in [2.05, 4.69) is 10.6 Å². The zero-order chi connectivity index (χ0) is 13.8. The van der Waals surface area contributed by atoms with Crippen LogP contribution in [-0.2, 0) is 4.74 Å². The molecule has 102 valence electrons. The molecule has 0 spiro atoms. The maximum absolute atomic E-state index is 13.2. The van der Waals surface area contributed by atoms with E-state index in [4.69, 9.17) is 9.84 Å². The molecule has 0 saturated carbocycles. The Hall–Kier alpha value is -2.15. The largest absolute Gasteiger partial charge is 0.478 e. The Morgan fingerprint density at radius 3 is 2.84 bits per heavy atom. The number of hydrogen-bond donors (Lipinski definition) is 3. The third kappa shape index (κ3) is 3.41. The van der Waals surface area contributed by atoms with E-state index in [1.165, 1.54) is 6.07 Å². The molecule has 0 bridgehead atoms. The van der Waals surface area contributed by atoms with Crippen LogP contribution in [0.3, 0.4) is 0 Å². The second-order valence-corrected chi connectivity index (χ2v) is 4.16. The average Bonchev–Trinajstić information content (AvgIpc) is 2.84. The zero-order valence-electron chi connectivity index (χ0n) is 9.98. The van der Waals surface area contributed by atoms with Gasteiger partial charge in [-0.2, -0.15) is 0 Å². The molecule has 1 aromatic rings. The highest BCUT2D eigenvalue weighted by atomic mass is 19.1. The molecule has 1 aliphatic heterocycles. The van der Waals surface area contributed by atoms with Gasteiger partial charge in [0.2, 0.25) is 0 Å². The molecule has 0 aliphatic carbocycles. The zero-order valence-corrected chi connectivity index (χ0v) is 9.98. The van der Waals surface area contributed by atoms with Gasteiger partial charge < -0.3 is 20.5 Å². The van der Waals surface area contributed by atoms with E-state index in [-0.39, 0.29) is 11.7 Å². The Bertz CT molecular complexity index is 501. The molecule has 1 fully saturated rings. The number of carbonyl (C=O) groups excluding carboxylic acids is 1. The third-order valence-electron chi connectivity index (χ3n) is 2.72. The van der Waals surface area contributed by atoms with Crippen molar-refractivity contribution in [2.45, 2.75) is 12.5 Å². The van der Waals surface area contributed by atoms with Crippen molar-refractivity contribution in [3.63, 3.8) is 0 Å². The van der Waals surface area contributed by atoms with Crippen molar-refractivity contribution >= 4 is 17.7 Å². The van der Waals surface area contributed by atoms with Gasteiger partial charge in [0, 0.05) is 12.3 Å². The molecule has 1 saturated heterocycles. The number of urea groups is 1. The molecule has 1 aromatic carbocycles.